The molecule has 3 heterocycles. The zero-order chi connectivity index (χ0) is 30.6. The first-order valence-electron chi connectivity index (χ1n) is 14.8. The monoisotopic (exact) mass is 658 g/mol. The van der Waals surface area contributed by atoms with Gasteiger partial charge in [-0.2, -0.15) is 0 Å². The van der Waals surface area contributed by atoms with Crippen LogP contribution in [0.1, 0.15) is 54.3 Å². The van der Waals surface area contributed by atoms with Crippen LogP contribution in [-0.4, -0.2) is 64.0 Å². The number of aliphatic hydroxyl groups is 1. The Morgan fingerprint density at radius 2 is 1.82 bits per heavy atom. The number of oxazole rings is 1. The van der Waals surface area contributed by atoms with Crippen molar-refractivity contribution in [3.63, 3.8) is 0 Å². The third kappa shape index (κ3) is 6.88. The summed E-state index contributed by atoms with van der Waals surface area (Å²) in [5.41, 5.74) is 6.99. The van der Waals surface area contributed by atoms with Gasteiger partial charge in [0.2, 0.25) is 0 Å². The molecule has 0 spiro atoms. The summed E-state index contributed by atoms with van der Waals surface area (Å²) < 4.78 is 12.1. The van der Waals surface area contributed by atoms with Crippen molar-refractivity contribution in [1.82, 2.24) is 20.1 Å². The fourth-order valence-corrected chi connectivity index (χ4v) is 6.23. The number of carbonyl (C=O) groups excluding carboxylic acids is 2. The van der Waals surface area contributed by atoms with Crippen molar-refractivity contribution in [1.29, 1.82) is 0 Å². The number of hydrogen-bond donors (Lipinski definition) is 2. The number of nitrogens with zero attached hydrogens (tertiary/aromatic N) is 3. The molecule has 0 saturated carbocycles. The predicted octanol–water partition coefficient (Wildman–Crippen LogP) is 4.67. The molecule has 10 heteroatoms. The molecule has 2 N–H and O–H groups in total. The van der Waals surface area contributed by atoms with Gasteiger partial charge in [0.05, 0.1) is 12.3 Å². The molecular formula is C34H35BrN4O5. The van der Waals surface area contributed by atoms with Gasteiger partial charge in [0.1, 0.15) is 12.4 Å². The Labute approximate surface area is 265 Å². The molecule has 1 aromatic heterocycles. The van der Waals surface area contributed by atoms with Gasteiger partial charge in [0.25, 0.3) is 11.8 Å². The zero-order valence-electron chi connectivity index (χ0n) is 24.6. The lowest BCUT2D eigenvalue weighted by atomic mass is 9.94. The van der Waals surface area contributed by atoms with Gasteiger partial charge >= 0.3 is 0 Å². The Balaban J connectivity index is 0.981. The lowest BCUT2D eigenvalue weighted by Crippen LogP contribution is -2.42. The highest BCUT2D eigenvalue weighted by Crippen LogP contribution is 2.30. The van der Waals surface area contributed by atoms with E-state index in [9.17, 15) is 14.7 Å². The van der Waals surface area contributed by atoms with Gasteiger partial charge < -0.3 is 24.5 Å². The number of amides is 2. The van der Waals surface area contributed by atoms with E-state index in [1.54, 1.807) is 12.3 Å². The summed E-state index contributed by atoms with van der Waals surface area (Å²) in [7, 11) is 0. The minimum absolute atomic E-state index is 0.00382. The number of aromatic nitrogens is 1. The van der Waals surface area contributed by atoms with Crippen LogP contribution in [-0.2, 0) is 32.5 Å². The normalized spacial score (nSPS) is 15.3. The van der Waals surface area contributed by atoms with Crippen LogP contribution >= 0.6 is 15.9 Å². The Kier molecular flexibility index (Phi) is 9.11. The Bertz CT molecular complexity index is 1640. The number of ether oxygens (including phenoxy) is 1. The first kappa shape index (κ1) is 30.1. The molecule has 0 bridgehead atoms. The van der Waals surface area contributed by atoms with E-state index in [1.807, 2.05) is 47.4 Å². The minimum Gasteiger partial charge on any atom is -0.485 e. The first-order valence-corrected chi connectivity index (χ1v) is 15.6. The summed E-state index contributed by atoms with van der Waals surface area (Å²) in [4.78, 5) is 33.9. The van der Waals surface area contributed by atoms with Crippen molar-refractivity contribution in [2.45, 2.75) is 45.6 Å². The molecule has 0 radical (unpaired) electrons. The van der Waals surface area contributed by atoms with Crippen LogP contribution in [0.4, 0.5) is 0 Å². The van der Waals surface area contributed by atoms with E-state index in [4.69, 9.17) is 9.15 Å². The molecule has 0 aliphatic carbocycles. The van der Waals surface area contributed by atoms with Gasteiger partial charge in [-0.1, -0.05) is 28.1 Å². The van der Waals surface area contributed by atoms with Crippen molar-refractivity contribution < 1.29 is 23.8 Å². The Hall–Kier alpha value is -3.99. The highest BCUT2D eigenvalue weighted by molar-refractivity contribution is 9.10. The number of carbonyl (C=O) groups is 2. The van der Waals surface area contributed by atoms with Gasteiger partial charge in [0, 0.05) is 54.9 Å². The Morgan fingerprint density at radius 3 is 2.61 bits per heavy atom. The number of halogens is 1. The summed E-state index contributed by atoms with van der Waals surface area (Å²) in [6.07, 6.45) is 3.90. The number of nitrogens with one attached hydrogen (secondary N) is 1. The van der Waals surface area contributed by atoms with E-state index in [0.717, 1.165) is 46.4 Å². The summed E-state index contributed by atoms with van der Waals surface area (Å²) in [6.45, 7) is 5.71. The van der Waals surface area contributed by atoms with Crippen molar-refractivity contribution >= 4 is 27.7 Å². The van der Waals surface area contributed by atoms with Crippen molar-refractivity contribution in [3.8, 4) is 5.75 Å². The van der Waals surface area contributed by atoms with Crippen LogP contribution in [0.2, 0.25) is 0 Å². The van der Waals surface area contributed by atoms with Crippen LogP contribution in [0.3, 0.4) is 0 Å². The molecular weight excluding hydrogens is 624 g/mol. The first-order chi connectivity index (χ1) is 21.3. The average Bonchev–Trinajstić information content (AvgIpc) is 3.57. The van der Waals surface area contributed by atoms with E-state index < -0.39 is 6.10 Å². The summed E-state index contributed by atoms with van der Waals surface area (Å²) >= 11 is 3.41. The largest absolute Gasteiger partial charge is 0.485 e. The predicted molar refractivity (Wildman–Crippen MR) is 168 cm³/mol. The molecule has 1 atom stereocenters. The second kappa shape index (κ2) is 13.3. The van der Waals surface area contributed by atoms with Gasteiger partial charge in [0.15, 0.2) is 12.2 Å². The molecule has 3 aromatic carbocycles. The van der Waals surface area contributed by atoms with Gasteiger partial charge in [-0.25, -0.2) is 4.98 Å². The second-order valence-electron chi connectivity index (χ2n) is 11.4. The lowest BCUT2D eigenvalue weighted by molar-refractivity contribution is 0.0734. The van der Waals surface area contributed by atoms with Gasteiger partial charge in [-0.15, -0.1) is 0 Å². The molecule has 2 amide bonds. The SMILES string of the molecule is Cc1c(OCc2cnco2)ccc2c1CCN(C[C@@H](O)CNC(=O)c1ccc3c(c1)CCN(C(=O)c1ccc(Br)cc1)C3)C2. The molecule has 44 heavy (non-hydrogen) atoms. The molecule has 4 aromatic rings. The molecule has 0 saturated heterocycles. The fourth-order valence-electron chi connectivity index (χ4n) is 5.97. The van der Waals surface area contributed by atoms with E-state index in [-0.39, 0.29) is 18.4 Å². The molecule has 6 rings (SSSR count). The number of β-amino-alcohol motifs (C(OH)–C–C–N with tert-alkyl or cyclic N) is 1. The van der Waals surface area contributed by atoms with E-state index in [1.165, 1.54) is 17.5 Å². The maximum absolute atomic E-state index is 12.9. The highest BCUT2D eigenvalue weighted by atomic mass is 79.9. The van der Waals surface area contributed by atoms with Gasteiger partial charge in [-0.05, 0) is 90.0 Å². The average molecular weight is 660 g/mol. The number of rotatable bonds is 9. The fraction of sp³-hybridized carbons (Fsp3) is 0.324. The number of hydrogen-bond acceptors (Lipinski definition) is 7. The maximum Gasteiger partial charge on any atom is 0.254 e. The topological polar surface area (TPSA) is 108 Å². The molecule has 228 valence electrons. The molecule has 9 nitrogen and oxygen atoms in total. The van der Waals surface area contributed by atoms with E-state index in [2.05, 4.69) is 44.1 Å². The summed E-state index contributed by atoms with van der Waals surface area (Å²) in [5.74, 6) is 1.31. The Morgan fingerprint density at radius 1 is 1.02 bits per heavy atom. The van der Waals surface area contributed by atoms with Crippen LogP contribution in [0.25, 0.3) is 0 Å². The maximum atomic E-state index is 12.9. The molecule has 2 aliphatic rings. The van der Waals surface area contributed by atoms with Crippen LogP contribution in [0.5, 0.6) is 5.75 Å². The quantitative estimate of drug-likeness (QED) is 0.269. The second-order valence-corrected chi connectivity index (χ2v) is 12.3. The number of aliphatic hydroxyl groups excluding tert-OH is 1. The van der Waals surface area contributed by atoms with Crippen molar-refractivity contribution in [2.24, 2.45) is 0 Å². The van der Waals surface area contributed by atoms with Crippen LogP contribution in [0.15, 0.2) is 76.1 Å². The smallest absolute Gasteiger partial charge is 0.254 e. The minimum atomic E-state index is -0.693. The standard InChI is InChI=1S/C34H35BrN4O5/c1-22-31-11-12-38(17-27(31)6-9-32(22)43-20-30-16-36-21-44-30)19-29(40)15-37-33(41)25-2-3-26-18-39(13-10-24(26)14-25)34(42)23-4-7-28(35)8-5-23/h2-9,14,16,21,29,40H,10-13,15,17-20H2,1H3,(H,37,41)/t29-/m0/s1. The summed E-state index contributed by atoms with van der Waals surface area (Å²) in [6, 6.07) is 17.1. The third-order valence-electron chi connectivity index (χ3n) is 8.40. The zero-order valence-corrected chi connectivity index (χ0v) is 26.2. The molecule has 2 aliphatic heterocycles. The lowest BCUT2D eigenvalue weighted by Gasteiger charge is -2.31. The van der Waals surface area contributed by atoms with Crippen molar-refractivity contribution in [3.05, 3.63) is 116 Å². The van der Waals surface area contributed by atoms with Crippen LogP contribution < -0.4 is 10.1 Å². The highest BCUT2D eigenvalue weighted by Gasteiger charge is 2.24. The van der Waals surface area contributed by atoms with Crippen LogP contribution in [0, 0.1) is 6.92 Å². The van der Waals surface area contributed by atoms with E-state index in [0.29, 0.717) is 49.5 Å². The number of fused-ring (bicyclic) bond motifs is 2. The molecule has 0 fully saturated rings. The summed E-state index contributed by atoms with van der Waals surface area (Å²) in [5, 5.41) is 13.7. The molecule has 0 unspecified atom stereocenters. The van der Waals surface area contributed by atoms with E-state index >= 15 is 0 Å². The third-order valence-corrected chi connectivity index (χ3v) is 8.93. The van der Waals surface area contributed by atoms with Crippen molar-refractivity contribution in [2.75, 3.05) is 26.2 Å². The van der Waals surface area contributed by atoms with Gasteiger partial charge in [-0.3, -0.25) is 14.5 Å². The number of benzene rings is 3.